The molecular formula is C14H18O4. The molecular weight excluding hydrogens is 232 g/mol. The van der Waals surface area contributed by atoms with Crippen LogP contribution in [0.5, 0.6) is 0 Å². The van der Waals surface area contributed by atoms with Crippen LogP contribution in [0.1, 0.15) is 31.1 Å². The number of rotatable bonds is 2. The lowest BCUT2D eigenvalue weighted by Gasteiger charge is -2.16. The van der Waals surface area contributed by atoms with Gasteiger partial charge >= 0.3 is 5.97 Å². The molecule has 2 rings (SSSR count). The number of carbonyl (C=O) groups excluding carboxylic acids is 1. The van der Waals surface area contributed by atoms with Crippen LogP contribution in [0.2, 0.25) is 0 Å². The molecule has 0 amide bonds. The third kappa shape index (κ3) is 2.54. The Balaban J connectivity index is 2.29. The molecule has 18 heavy (non-hydrogen) atoms. The highest BCUT2D eigenvalue weighted by molar-refractivity contribution is 5.76. The monoisotopic (exact) mass is 250 g/mol. The second-order valence-corrected chi connectivity index (χ2v) is 4.91. The van der Waals surface area contributed by atoms with Crippen molar-refractivity contribution >= 4 is 5.97 Å². The van der Waals surface area contributed by atoms with Gasteiger partial charge in [-0.1, -0.05) is 29.8 Å². The Morgan fingerprint density at radius 2 is 1.83 bits per heavy atom. The van der Waals surface area contributed by atoms with Gasteiger partial charge < -0.3 is 14.2 Å². The van der Waals surface area contributed by atoms with Gasteiger partial charge in [0.2, 0.25) is 0 Å². The molecule has 1 aromatic carbocycles. The van der Waals surface area contributed by atoms with Gasteiger partial charge in [-0.25, -0.2) is 4.79 Å². The molecule has 1 heterocycles. The molecule has 98 valence electrons. The van der Waals surface area contributed by atoms with Gasteiger partial charge in [-0.3, -0.25) is 0 Å². The molecule has 0 N–H and O–H groups in total. The summed E-state index contributed by atoms with van der Waals surface area (Å²) in [6.07, 6.45) is -1.14. The Labute approximate surface area is 107 Å². The molecule has 4 nitrogen and oxygen atoms in total. The van der Waals surface area contributed by atoms with E-state index >= 15 is 0 Å². The van der Waals surface area contributed by atoms with Gasteiger partial charge in [0.1, 0.15) is 6.10 Å². The SMILES string of the molecule is COC(=O)[C@@H]1OC(C)(C)O[C@H]1c1ccc(C)cc1. The van der Waals surface area contributed by atoms with E-state index in [2.05, 4.69) is 0 Å². The van der Waals surface area contributed by atoms with E-state index in [0.29, 0.717) is 0 Å². The largest absolute Gasteiger partial charge is 0.467 e. The van der Waals surface area contributed by atoms with Crippen LogP contribution >= 0.6 is 0 Å². The first kappa shape index (κ1) is 13.1. The summed E-state index contributed by atoms with van der Waals surface area (Å²) >= 11 is 0. The lowest BCUT2D eigenvalue weighted by molar-refractivity contribution is -0.168. The number of carbonyl (C=O) groups is 1. The minimum Gasteiger partial charge on any atom is -0.467 e. The van der Waals surface area contributed by atoms with E-state index in [1.807, 2.05) is 31.2 Å². The van der Waals surface area contributed by atoms with E-state index in [1.165, 1.54) is 7.11 Å². The molecule has 0 spiro atoms. The summed E-state index contributed by atoms with van der Waals surface area (Å²) in [5, 5.41) is 0. The lowest BCUT2D eigenvalue weighted by Crippen LogP contribution is -2.28. The number of hydrogen-bond acceptors (Lipinski definition) is 4. The number of esters is 1. The fourth-order valence-electron chi connectivity index (χ4n) is 2.05. The van der Waals surface area contributed by atoms with Crippen molar-refractivity contribution in [2.75, 3.05) is 7.11 Å². The predicted molar refractivity (Wildman–Crippen MR) is 66.0 cm³/mol. The van der Waals surface area contributed by atoms with Crippen molar-refractivity contribution in [2.24, 2.45) is 0 Å². The molecule has 0 unspecified atom stereocenters. The van der Waals surface area contributed by atoms with Crippen molar-refractivity contribution in [3.63, 3.8) is 0 Å². The van der Waals surface area contributed by atoms with Crippen molar-refractivity contribution in [3.05, 3.63) is 35.4 Å². The van der Waals surface area contributed by atoms with E-state index < -0.39 is 24.0 Å². The van der Waals surface area contributed by atoms with E-state index in [0.717, 1.165) is 11.1 Å². The Kier molecular flexibility index (Phi) is 3.41. The van der Waals surface area contributed by atoms with E-state index in [-0.39, 0.29) is 0 Å². The first-order chi connectivity index (χ1) is 8.43. The molecule has 2 atom stereocenters. The predicted octanol–water partition coefficient (Wildman–Crippen LogP) is 2.36. The summed E-state index contributed by atoms with van der Waals surface area (Å²) in [5.41, 5.74) is 2.08. The minimum atomic E-state index is -0.783. The highest BCUT2D eigenvalue weighted by Gasteiger charge is 2.46. The third-order valence-electron chi connectivity index (χ3n) is 2.94. The number of hydrogen-bond donors (Lipinski definition) is 0. The van der Waals surface area contributed by atoms with E-state index in [4.69, 9.17) is 14.2 Å². The van der Waals surface area contributed by atoms with Gasteiger partial charge in [-0.05, 0) is 26.3 Å². The fraction of sp³-hybridized carbons (Fsp3) is 0.500. The normalized spacial score (nSPS) is 26.0. The first-order valence-corrected chi connectivity index (χ1v) is 5.93. The van der Waals surface area contributed by atoms with Crippen LogP contribution in [0.3, 0.4) is 0 Å². The van der Waals surface area contributed by atoms with Crippen LogP contribution in [-0.2, 0) is 19.0 Å². The van der Waals surface area contributed by atoms with Crippen LogP contribution in [0.4, 0.5) is 0 Å². The molecule has 0 radical (unpaired) electrons. The van der Waals surface area contributed by atoms with Crippen molar-refractivity contribution in [1.29, 1.82) is 0 Å². The second-order valence-electron chi connectivity index (χ2n) is 4.91. The third-order valence-corrected chi connectivity index (χ3v) is 2.94. The molecule has 0 aliphatic carbocycles. The maximum Gasteiger partial charge on any atom is 0.338 e. The minimum absolute atomic E-state index is 0.411. The average Bonchev–Trinajstić information content (AvgIpc) is 2.65. The summed E-state index contributed by atoms with van der Waals surface area (Å²) in [4.78, 5) is 11.7. The van der Waals surface area contributed by atoms with Gasteiger partial charge in [0.05, 0.1) is 7.11 Å². The Bertz CT molecular complexity index is 436. The molecule has 1 saturated heterocycles. The Morgan fingerprint density at radius 3 is 2.39 bits per heavy atom. The van der Waals surface area contributed by atoms with Crippen LogP contribution in [0.25, 0.3) is 0 Å². The highest BCUT2D eigenvalue weighted by atomic mass is 16.8. The van der Waals surface area contributed by atoms with Crippen molar-refractivity contribution in [3.8, 4) is 0 Å². The quantitative estimate of drug-likeness (QED) is 0.756. The summed E-state index contributed by atoms with van der Waals surface area (Å²) in [5.74, 6) is -1.19. The lowest BCUT2D eigenvalue weighted by atomic mass is 10.0. The Hall–Kier alpha value is -1.39. The zero-order valence-electron chi connectivity index (χ0n) is 11.1. The first-order valence-electron chi connectivity index (χ1n) is 5.93. The Morgan fingerprint density at radius 1 is 1.22 bits per heavy atom. The zero-order chi connectivity index (χ0) is 13.3. The second kappa shape index (κ2) is 4.71. The van der Waals surface area contributed by atoms with Gasteiger partial charge in [-0.2, -0.15) is 0 Å². The summed E-state index contributed by atoms with van der Waals surface area (Å²) in [6, 6.07) is 7.86. The van der Waals surface area contributed by atoms with Gasteiger partial charge in [-0.15, -0.1) is 0 Å². The standard InChI is InChI=1S/C14H18O4/c1-9-5-7-10(8-6-9)11-12(13(15)16-4)18-14(2,3)17-11/h5-8,11-12H,1-4H3/t11-,12+/m0/s1. The zero-order valence-corrected chi connectivity index (χ0v) is 11.1. The summed E-state index contributed by atoms with van der Waals surface area (Å²) in [6.45, 7) is 5.59. The van der Waals surface area contributed by atoms with E-state index in [9.17, 15) is 4.79 Å². The van der Waals surface area contributed by atoms with Crippen molar-refractivity contribution in [2.45, 2.75) is 38.8 Å². The number of aryl methyl sites for hydroxylation is 1. The molecule has 0 aromatic heterocycles. The van der Waals surface area contributed by atoms with Crippen LogP contribution in [-0.4, -0.2) is 25.0 Å². The molecule has 1 aromatic rings. The molecule has 0 saturated carbocycles. The van der Waals surface area contributed by atoms with E-state index in [1.54, 1.807) is 13.8 Å². The molecule has 1 aliphatic heterocycles. The van der Waals surface area contributed by atoms with Crippen LogP contribution in [0.15, 0.2) is 24.3 Å². The molecule has 4 heteroatoms. The highest BCUT2D eigenvalue weighted by Crippen LogP contribution is 2.38. The maximum absolute atomic E-state index is 11.7. The summed E-state index contributed by atoms with van der Waals surface area (Å²) in [7, 11) is 1.35. The van der Waals surface area contributed by atoms with Crippen molar-refractivity contribution in [1.82, 2.24) is 0 Å². The number of methoxy groups -OCH3 is 1. The van der Waals surface area contributed by atoms with Crippen LogP contribution in [0, 0.1) is 6.92 Å². The molecule has 1 aliphatic rings. The number of benzene rings is 1. The topological polar surface area (TPSA) is 44.8 Å². The molecule has 0 bridgehead atoms. The van der Waals surface area contributed by atoms with Gasteiger partial charge in [0.15, 0.2) is 11.9 Å². The summed E-state index contributed by atoms with van der Waals surface area (Å²) < 4.78 is 16.1. The van der Waals surface area contributed by atoms with Gasteiger partial charge in [0.25, 0.3) is 0 Å². The average molecular weight is 250 g/mol. The number of ether oxygens (including phenoxy) is 3. The van der Waals surface area contributed by atoms with Gasteiger partial charge in [0, 0.05) is 0 Å². The smallest absolute Gasteiger partial charge is 0.338 e. The van der Waals surface area contributed by atoms with Crippen LogP contribution < -0.4 is 0 Å². The maximum atomic E-state index is 11.7. The van der Waals surface area contributed by atoms with Crippen molar-refractivity contribution < 1.29 is 19.0 Å². The molecule has 1 fully saturated rings. The fourth-order valence-corrected chi connectivity index (χ4v) is 2.05.